The Balaban J connectivity index is 1.93. The van der Waals surface area contributed by atoms with Gasteiger partial charge < -0.3 is 14.2 Å². The van der Waals surface area contributed by atoms with Gasteiger partial charge in [-0.2, -0.15) is 0 Å². The topological polar surface area (TPSA) is 40.6 Å². The highest BCUT2D eigenvalue weighted by Crippen LogP contribution is 2.05. The lowest BCUT2D eigenvalue weighted by Gasteiger charge is -2.05. The zero-order valence-corrected chi connectivity index (χ0v) is 9.02. The predicted octanol–water partition coefficient (Wildman–Crippen LogP) is 1.51. The second kappa shape index (κ2) is 8.20. The van der Waals surface area contributed by atoms with Crippen LogP contribution in [0.3, 0.4) is 0 Å². The van der Waals surface area contributed by atoms with Gasteiger partial charge in [-0.25, -0.2) is 0 Å². The molecule has 1 heterocycles. The Labute approximate surface area is 90.2 Å². The smallest absolute Gasteiger partial charge is 0.137 e. The van der Waals surface area contributed by atoms with Crippen molar-refractivity contribution in [3.05, 3.63) is 24.5 Å². The van der Waals surface area contributed by atoms with Crippen LogP contribution in [0.2, 0.25) is 0 Å². The lowest BCUT2D eigenvalue weighted by molar-refractivity contribution is 0.0644. The highest BCUT2D eigenvalue weighted by molar-refractivity contribution is 5.15. The average molecular weight is 211 g/mol. The van der Waals surface area contributed by atoms with Crippen molar-refractivity contribution in [2.24, 2.45) is 0 Å². The Morgan fingerprint density at radius 1 is 1.20 bits per heavy atom. The summed E-state index contributed by atoms with van der Waals surface area (Å²) in [5, 5.41) is 0. The number of ether oxygens (including phenoxy) is 3. The molecule has 1 rings (SSSR count). The largest absolute Gasteiger partial charge is 0.492 e. The molecule has 1 aromatic rings. The molecule has 0 unspecified atom stereocenters. The van der Waals surface area contributed by atoms with Crippen molar-refractivity contribution in [3.8, 4) is 5.75 Å². The minimum atomic E-state index is 0.642. The molecular weight excluding hydrogens is 194 g/mol. The molecule has 1 aromatic heterocycles. The molecule has 0 aliphatic heterocycles. The first-order valence-corrected chi connectivity index (χ1v) is 5.03. The van der Waals surface area contributed by atoms with Crippen molar-refractivity contribution in [2.45, 2.75) is 6.42 Å². The van der Waals surface area contributed by atoms with Gasteiger partial charge in [0.05, 0.1) is 26.0 Å². The summed E-state index contributed by atoms with van der Waals surface area (Å²) in [7, 11) is 1.66. The molecule has 0 radical (unpaired) electrons. The zero-order chi connectivity index (χ0) is 10.8. The molecule has 0 amide bonds. The molecule has 15 heavy (non-hydrogen) atoms. The number of hydrogen-bond acceptors (Lipinski definition) is 4. The monoisotopic (exact) mass is 211 g/mol. The van der Waals surface area contributed by atoms with E-state index in [9.17, 15) is 0 Å². The number of hydrogen-bond donors (Lipinski definition) is 0. The fourth-order valence-corrected chi connectivity index (χ4v) is 1.03. The van der Waals surface area contributed by atoms with Gasteiger partial charge in [-0.1, -0.05) is 0 Å². The molecule has 0 saturated heterocycles. The highest BCUT2D eigenvalue weighted by atomic mass is 16.5. The van der Waals surface area contributed by atoms with Crippen molar-refractivity contribution >= 4 is 0 Å². The van der Waals surface area contributed by atoms with Crippen LogP contribution >= 0.6 is 0 Å². The molecule has 84 valence electrons. The van der Waals surface area contributed by atoms with Gasteiger partial charge in [0, 0.05) is 26.3 Å². The summed E-state index contributed by atoms with van der Waals surface area (Å²) in [5.74, 6) is 0.800. The second-order valence-corrected chi connectivity index (χ2v) is 3.00. The first-order chi connectivity index (χ1) is 7.43. The van der Waals surface area contributed by atoms with Gasteiger partial charge in [-0.15, -0.1) is 0 Å². The maximum Gasteiger partial charge on any atom is 0.137 e. The number of nitrogens with zero attached hydrogens (tertiary/aromatic N) is 1. The van der Waals surface area contributed by atoms with Crippen molar-refractivity contribution in [1.29, 1.82) is 0 Å². The Morgan fingerprint density at radius 3 is 2.87 bits per heavy atom. The average Bonchev–Trinajstić information content (AvgIpc) is 2.29. The van der Waals surface area contributed by atoms with Crippen molar-refractivity contribution in [2.75, 3.05) is 33.5 Å². The van der Waals surface area contributed by atoms with Crippen LogP contribution in [0.5, 0.6) is 5.75 Å². The maximum absolute atomic E-state index is 5.44. The lowest BCUT2D eigenvalue weighted by Crippen LogP contribution is -2.06. The van der Waals surface area contributed by atoms with Gasteiger partial charge in [0.25, 0.3) is 0 Å². The Kier molecular flexibility index (Phi) is 6.53. The maximum atomic E-state index is 5.44. The van der Waals surface area contributed by atoms with Gasteiger partial charge in [0.2, 0.25) is 0 Å². The second-order valence-electron chi connectivity index (χ2n) is 3.00. The van der Waals surface area contributed by atoms with Crippen molar-refractivity contribution in [3.63, 3.8) is 0 Å². The van der Waals surface area contributed by atoms with Gasteiger partial charge in [-0.3, -0.25) is 4.98 Å². The summed E-state index contributed by atoms with van der Waals surface area (Å²) in [5.41, 5.74) is 0. The molecule has 0 aromatic carbocycles. The van der Waals surface area contributed by atoms with Crippen LogP contribution < -0.4 is 4.74 Å². The minimum Gasteiger partial charge on any atom is -0.492 e. The van der Waals surface area contributed by atoms with Crippen LogP contribution in [-0.2, 0) is 9.47 Å². The third-order valence-corrected chi connectivity index (χ3v) is 1.77. The third kappa shape index (κ3) is 6.04. The first kappa shape index (κ1) is 11.9. The van der Waals surface area contributed by atoms with Crippen LogP contribution in [0.25, 0.3) is 0 Å². The van der Waals surface area contributed by atoms with E-state index in [1.807, 2.05) is 12.1 Å². The summed E-state index contributed by atoms with van der Waals surface area (Å²) in [6.07, 6.45) is 4.30. The molecule has 4 nitrogen and oxygen atoms in total. The van der Waals surface area contributed by atoms with Gasteiger partial charge >= 0.3 is 0 Å². The summed E-state index contributed by atoms with van der Waals surface area (Å²) in [4.78, 5) is 3.95. The van der Waals surface area contributed by atoms with E-state index in [1.54, 1.807) is 19.5 Å². The number of pyridine rings is 1. The van der Waals surface area contributed by atoms with Crippen LogP contribution in [0.1, 0.15) is 6.42 Å². The molecular formula is C11H17NO3. The predicted molar refractivity (Wildman–Crippen MR) is 57.0 cm³/mol. The molecule has 0 spiro atoms. The van der Waals surface area contributed by atoms with E-state index in [0.29, 0.717) is 26.4 Å². The molecule has 0 N–H and O–H groups in total. The fourth-order valence-electron chi connectivity index (χ4n) is 1.03. The van der Waals surface area contributed by atoms with Gasteiger partial charge in [0.15, 0.2) is 0 Å². The van der Waals surface area contributed by atoms with E-state index in [2.05, 4.69) is 4.98 Å². The van der Waals surface area contributed by atoms with E-state index in [0.717, 1.165) is 12.2 Å². The van der Waals surface area contributed by atoms with Gasteiger partial charge in [0.1, 0.15) is 5.75 Å². The molecule has 0 aliphatic carbocycles. The third-order valence-electron chi connectivity index (χ3n) is 1.77. The van der Waals surface area contributed by atoms with Gasteiger partial charge in [-0.05, 0) is 12.1 Å². The van der Waals surface area contributed by atoms with E-state index < -0.39 is 0 Å². The summed E-state index contributed by atoms with van der Waals surface area (Å²) in [6.45, 7) is 2.63. The summed E-state index contributed by atoms with van der Waals surface area (Å²) in [6, 6.07) is 3.74. The molecule has 0 fully saturated rings. The lowest BCUT2D eigenvalue weighted by atomic mass is 10.4. The van der Waals surface area contributed by atoms with E-state index in [1.165, 1.54) is 0 Å². The molecule has 0 saturated carbocycles. The SMILES string of the molecule is COCCOCCCOc1cccnc1. The van der Waals surface area contributed by atoms with Crippen molar-refractivity contribution < 1.29 is 14.2 Å². The summed E-state index contributed by atoms with van der Waals surface area (Å²) >= 11 is 0. The van der Waals surface area contributed by atoms with Crippen molar-refractivity contribution in [1.82, 2.24) is 4.98 Å². The number of aromatic nitrogens is 1. The Morgan fingerprint density at radius 2 is 2.13 bits per heavy atom. The molecule has 4 heteroatoms. The molecule has 0 aliphatic rings. The fraction of sp³-hybridized carbons (Fsp3) is 0.545. The normalized spacial score (nSPS) is 10.2. The molecule has 0 bridgehead atoms. The highest BCUT2D eigenvalue weighted by Gasteiger charge is 1.92. The standard InChI is InChI=1S/C11H17NO3/c1-13-8-9-14-6-3-7-15-11-4-2-5-12-10-11/h2,4-5,10H,3,6-9H2,1H3. The van der Waals surface area contributed by atoms with E-state index in [-0.39, 0.29) is 0 Å². The van der Waals surface area contributed by atoms with E-state index >= 15 is 0 Å². The van der Waals surface area contributed by atoms with Crippen LogP contribution in [0.4, 0.5) is 0 Å². The van der Waals surface area contributed by atoms with Crippen LogP contribution in [0.15, 0.2) is 24.5 Å². The summed E-state index contributed by atoms with van der Waals surface area (Å²) < 4.78 is 15.6. The first-order valence-electron chi connectivity index (χ1n) is 5.03. The minimum absolute atomic E-state index is 0.642. The number of methoxy groups -OCH3 is 1. The van der Waals surface area contributed by atoms with Crippen LogP contribution in [-0.4, -0.2) is 38.5 Å². The van der Waals surface area contributed by atoms with Crippen LogP contribution in [0, 0.1) is 0 Å². The number of rotatable bonds is 8. The molecule has 0 atom stereocenters. The Bertz CT molecular complexity index is 241. The Hall–Kier alpha value is -1.13. The zero-order valence-electron chi connectivity index (χ0n) is 9.02. The quantitative estimate of drug-likeness (QED) is 0.611. The van der Waals surface area contributed by atoms with E-state index in [4.69, 9.17) is 14.2 Å².